The van der Waals surface area contributed by atoms with Gasteiger partial charge in [0.25, 0.3) is 0 Å². The standard InChI is InChI=1S/C17H25NO3/c1-3-4-5-17(20)18-9-8-13-6-7-14(10-15(13)11-18)16(19)12-21-2/h6-7,10,16,19H,3-5,8-9,11-12H2,1-2H3. The molecule has 0 fully saturated rings. The van der Waals surface area contributed by atoms with Crippen molar-refractivity contribution in [3.8, 4) is 0 Å². The number of carbonyl (C=O) groups excluding carboxylic acids is 1. The number of hydrogen-bond acceptors (Lipinski definition) is 3. The lowest BCUT2D eigenvalue weighted by atomic mass is 9.95. The molecule has 4 nitrogen and oxygen atoms in total. The predicted molar refractivity (Wildman–Crippen MR) is 81.9 cm³/mol. The number of aliphatic hydroxyl groups excluding tert-OH is 1. The summed E-state index contributed by atoms with van der Waals surface area (Å²) < 4.78 is 4.99. The Morgan fingerprint density at radius 1 is 1.43 bits per heavy atom. The van der Waals surface area contributed by atoms with E-state index in [2.05, 4.69) is 13.0 Å². The van der Waals surface area contributed by atoms with E-state index in [1.54, 1.807) is 7.11 Å². The van der Waals surface area contributed by atoms with Crippen molar-refractivity contribution in [3.63, 3.8) is 0 Å². The molecule has 1 aliphatic heterocycles. The van der Waals surface area contributed by atoms with Gasteiger partial charge >= 0.3 is 0 Å². The summed E-state index contributed by atoms with van der Waals surface area (Å²) >= 11 is 0. The summed E-state index contributed by atoms with van der Waals surface area (Å²) in [5.74, 6) is 0.241. The molecule has 0 aromatic heterocycles. The van der Waals surface area contributed by atoms with Crippen LogP contribution in [0.15, 0.2) is 18.2 Å². The molecule has 1 N–H and O–H groups in total. The highest BCUT2D eigenvalue weighted by Gasteiger charge is 2.21. The van der Waals surface area contributed by atoms with Gasteiger partial charge in [0, 0.05) is 26.6 Å². The van der Waals surface area contributed by atoms with Crippen LogP contribution in [0, 0.1) is 0 Å². The van der Waals surface area contributed by atoms with E-state index in [9.17, 15) is 9.90 Å². The number of carbonyl (C=O) groups is 1. The fraction of sp³-hybridized carbons (Fsp3) is 0.588. The summed E-state index contributed by atoms with van der Waals surface area (Å²) in [6.45, 7) is 3.85. The first-order chi connectivity index (χ1) is 10.2. The molecule has 0 spiro atoms. The second-order valence-electron chi connectivity index (χ2n) is 5.67. The molecular formula is C17H25NO3. The van der Waals surface area contributed by atoms with E-state index in [4.69, 9.17) is 4.74 Å². The molecule has 0 saturated heterocycles. The zero-order valence-corrected chi connectivity index (χ0v) is 13.0. The maximum atomic E-state index is 12.1. The Morgan fingerprint density at radius 2 is 2.24 bits per heavy atom. The Labute approximate surface area is 126 Å². The van der Waals surface area contributed by atoms with Crippen LogP contribution in [0.3, 0.4) is 0 Å². The third-order valence-corrected chi connectivity index (χ3v) is 4.05. The monoisotopic (exact) mass is 291 g/mol. The van der Waals surface area contributed by atoms with Gasteiger partial charge in [-0.3, -0.25) is 4.79 Å². The number of amides is 1. The highest BCUT2D eigenvalue weighted by molar-refractivity contribution is 5.76. The first-order valence-electron chi connectivity index (χ1n) is 7.72. The first-order valence-corrected chi connectivity index (χ1v) is 7.72. The van der Waals surface area contributed by atoms with E-state index in [1.165, 1.54) is 5.56 Å². The second-order valence-corrected chi connectivity index (χ2v) is 5.67. The van der Waals surface area contributed by atoms with Gasteiger partial charge in [-0.15, -0.1) is 0 Å². The third-order valence-electron chi connectivity index (χ3n) is 4.05. The molecule has 1 unspecified atom stereocenters. The minimum Gasteiger partial charge on any atom is -0.386 e. The lowest BCUT2D eigenvalue weighted by molar-refractivity contribution is -0.132. The van der Waals surface area contributed by atoms with Crippen LogP contribution in [0.25, 0.3) is 0 Å². The number of aliphatic hydroxyl groups is 1. The summed E-state index contributed by atoms with van der Waals surface area (Å²) in [4.78, 5) is 14.1. The van der Waals surface area contributed by atoms with Gasteiger partial charge in [-0.25, -0.2) is 0 Å². The molecule has 1 heterocycles. The van der Waals surface area contributed by atoms with Gasteiger partial charge in [-0.05, 0) is 29.5 Å². The Morgan fingerprint density at radius 3 is 2.95 bits per heavy atom. The molecule has 21 heavy (non-hydrogen) atoms. The molecule has 116 valence electrons. The van der Waals surface area contributed by atoms with Crippen molar-refractivity contribution in [3.05, 3.63) is 34.9 Å². The maximum absolute atomic E-state index is 12.1. The Balaban J connectivity index is 2.07. The fourth-order valence-electron chi connectivity index (χ4n) is 2.74. The van der Waals surface area contributed by atoms with Crippen molar-refractivity contribution in [1.29, 1.82) is 0 Å². The van der Waals surface area contributed by atoms with Crippen molar-refractivity contribution in [2.45, 2.75) is 45.3 Å². The topological polar surface area (TPSA) is 49.8 Å². The molecule has 0 aliphatic carbocycles. The lowest BCUT2D eigenvalue weighted by Crippen LogP contribution is -2.35. The first kappa shape index (κ1) is 16.0. The molecule has 1 aromatic carbocycles. The van der Waals surface area contributed by atoms with Crippen LogP contribution in [0.5, 0.6) is 0 Å². The Kier molecular flexibility index (Phi) is 5.76. The number of fused-ring (bicyclic) bond motifs is 1. The van der Waals surface area contributed by atoms with E-state index in [1.807, 2.05) is 17.0 Å². The molecule has 1 aliphatic rings. The molecule has 0 bridgehead atoms. The summed E-state index contributed by atoms with van der Waals surface area (Å²) in [7, 11) is 1.58. The van der Waals surface area contributed by atoms with Crippen LogP contribution in [0.4, 0.5) is 0 Å². The average molecular weight is 291 g/mol. The van der Waals surface area contributed by atoms with Gasteiger partial charge in [-0.1, -0.05) is 31.5 Å². The molecular weight excluding hydrogens is 266 g/mol. The number of hydrogen-bond donors (Lipinski definition) is 1. The molecule has 1 atom stereocenters. The zero-order valence-electron chi connectivity index (χ0n) is 13.0. The van der Waals surface area contributed by atoms with Crippen LogP contribution in [0.1, 0.15) is 49.0 Å². The van der Waals surface area contributed by atoms with Crippen LogP contribution < -0.4 is 0 Å². The molecule has 1 aromatic rings. The molecule has 1 amide bonds. The number of methoxy groups -OCH3 is 1. The highest BCUT2D eigenvalue weighted by atomic mass is 16.5. The minimum atomic E-state index is -0.605. The predicted octanol–water partition coefficient (Wildman–Crippen LogP) is 2.44. The Hall–Kier alpha value is -1.39. The van der Waals surface area contributed by atoms with Crippen LogP contribution in [0.2, 0.25) is 0 Å². The van der Waals surface area contributed by atoms with E-state index in [-0.39, 0.29) is 12.5 Å². The van der Waals surface area contributed by atoms with Crippen molar-refractivity contribution < 1.29 is 14.6 Å². The van der Waals surface area contributed by atoms with Gasteiger partial charge in [0.1, 0.15) is 6.10 Å². The highest BCUT2D eigenvalue weighted by Crippen LogP contribution is 2.24. The minimum absolute atomic E-state index is 0.241. The SMILES string of the molecule is CCCCC(=O)N1CCc2ccc(C(O)COC)cc2C1. The molecule has 0 saturated carbocycles. The lowest BCUT2D eigenvalue weighted by Gasteiger charge is -2.29. The van der Waals surface area contributed by atoms with Gasteiger partial charge in [-0.2, -0.15) is 0 Å². The molecule has 4 heteroatoms. The summed E-state index contributed by atoms with van der Waals surface area (Å²) in [5, 5.41) is 10.0. The smallest absolute Gasteiger partial charge is 0.222 e. The summed E-state index contributed by atoms with van der Waals surface area (Å²) in [6, 6.07) is 6.03. The summed E-state index contributed by atoms with van der Waals surface area (Å²) in [6.07, 6.45) is 2.93. The van der Waals surface area contributed by atoms with Crippen LogP contribution in [-0.2, 0) is 22.5 Å². The molecule has 0 radical (unpaired) electrons. The van der Waals surface area contributed by atoms with E-state index in [0.717, 1.165) is 36.9 Å². The average Bonchev–Trinajstić information content (AvgIpc) is 2.51. The number of rotatable bonds is 6. The van der Waals surface area contributed by atoms with Crippen molar-refractivity contribution >= 4 is 5.91 Å². The number of ether oxygens (including phenoxy) is 1. The fourth-order valence-corrected chi connectivity index (χ4v) is 2.74. The zero-order chi connectivity index (χ0) is 15.2. The van der Waals surface area contributed by atoms with E-state index in [0.29, 0.717) is 13.0 Å². The van der Waals surface area contributed by atoms with Crippen molar-refractivity contribution in [2.75, 3.05) is 20.3 Å². The van der Waals surface area contributed by atoms with Gasteiger partial charge in [0.15, 0.2) is 0 Å². The normalized spacial score (nSPS) is 15.7. The maximum Gasteiger partial charge on any atom is 0.222 e. The van der Waals surface area contributed by atoms with Crippen LogP contribution in [-0.4, -0.2) is 36.2 Å². The van der Waals surface area contributed by atoms with Crippen molar-refractivity contribution in [2.24, 2.45) is 0 Å². The van der Waals surface area contributed by atoms with E-state index >= 15 is 0 Å². The quantitative estimate of drug-likeness (QED) is 0.876. The Bertz CT molecular complexity index is 487. The van der Waals surface area contributed by atoms with Gasteiger partial charge in [0.2, 0.25) is 5.91 Å². The van der Waals surface area contributed by atoms with Gasteiger partial charge < -0.3 is 14.7 Å². The van der Waals surface area contributed by atoms with Crippen molar-refractivity contribution in [1.82, 2.24) is 4.90 Å². The number of nitrogens with zero attached hydrogens (tertiary/aromatic N) is 1. The molecule has 2 rings (SSSR count). The van der Waals surface area contributed by atoms with E-state index < -0.39 is 6.10 Å². The third kappa shape index (κ3) is 4.05. The number of benzene rings is 1. The number of unbranched alkanes of at least 4 members (excludes halogenated alkanes) is 1. The summed E-state index contributed by atoms with van der Waals surface area (Å²) in [5.41, 5.74) is 3.29. The van der Waals surface area contributed by atoms with Crippen LogP contribution >= 0.6 is 0 Å². The van der Waals surface area contributed by atoms with Gasteiger partial charge in [0.05, 0.1) is 6.61 Å². The second kappa shape index (κ2) is 7.57. The largest absolute Gasteiger partial charge is 0.386 e.